The van der Waals surface area contributed by atoms with Crippen molar-refractivity contribution in [2.24, 2.45) is 5.92 Å². The zero-order valence-corrected chi connectivity index (χ0v) is 13.2. The van der Waals surface area contributed by atoms with E-state index in [2.05, 4.69) is 22.5 Å². The molecule has 3 rings (SSSR count). The molecule has 0 bridgehead atoms. The molecule has 1 aliphatic heterocycles. The summed E-state index contributed by atoms with van der Waals surface area (Å²) in [7, 11) is 0. The summed E-state index contributed by atoms with van der Waals surface area (Å²) in [4.78, 5) is 17.2. The number of pyridine rings is 1. The van der Waals surface area contributed by atoms with Gasteiger partial charge < -0.3 is 15.4 Å². The number of fused-ring (bicyclic) bond motifs is 1. The number of imidazole rings is 1. The van der Waals surface area contributed by atoms with Crippen molar-refractivity contribution in [3.63, 3.8) is 0 Å². The number of hydrogen-bond acceptors (Lipinski definition) is 4. The third-order valence-electron chi connectivity index (χ3n) is 4.14. The molecule has 2 aromatic heterocycles. The minimum absolute atomic E-state index is 0. The molecular weight excluding hydrogens is 292 g/mol. The first-order valence-corrected chi connectivity index (χ1v) is 7.73. The van der Waals surface area contributed by atoms with Crippen LogP contribution in [0.15, 0.2) is 18.3 Å². The zero-order valence-electron chi connectivity index (χ0n) is 13.2. The lowest BCUT2D eigenvalue weighted by Crippen LogP contribution is -2.40. The Bertz CT molecular complexity index is 695. The molecule has 0 radical (unpaired) electrons. The van der Waals surface area contributed by atoms with E-state index in [0.717, 1.165) is 13.1 Å². The molecule has 2 atom stereocenters. The van der Waals surface area contributed by atoms with E-state index in [4.69, 9.17) is 4.74 Å². The summed E-state index contributed by atoms with van der Waals surface area (Å²) >= 11 is 0. The van der Waals surface area contributed by atoms with E-state index in [-0.39, 0.29) is 19.4 Å². The Balaban J connectivity index is 0.00000192. The van der Waals surface area contributed by atoms with E-state index in [1.165, 1.54) is 0 Å². The lowest BCUT2D eigenvalue weighted by molar-refractivity contribution is 0.0926. The Morgan fingerprint density at radius 3 is 2.96 bits per heavy atom. The maximum absolute atomic E-state index is 12.7. The maximum Gasteiger partial charge on any atom is 0.270 e. The molecule has 1 saturated heterocycles. The van der Waals surface area contributed by atoms with Crippen molar-refractivity contribution in [1.29, 1.82) is 0 Å². The number of aromatic nitrogens is 2. The quantitative estimate of drug-likeness (QED) is 0.905. The first-order chi connectivity index (χ1) is 10.6. The monoisotopic (exact) mass is 318 g/mol. The highest BCUT2D eigenvalue weighted by atomic mass is 16.5. The summed E-state index contributed by atoms with van der Waals surface area (Å²) in [6.07, 6.45) is 1.85. The number of rotatable bonds is 4. The van der Waals surface area contributed by atoms with E-state index in [0.29, 0.717) is 35.3 Å². The highest BCUT2D eigenvalue weighted by Gasteiger charge is 2.27. The van der Waals surface area contributed by atoms with Crippen molar-refractivity contribution < 1.29 is 9.53 Å². The van der Waals surface area contributed by atoms with Gasteiger partial charge in [0.05, 0.1) is 12.3 Å². The predicted octanol–water partition coefficient (Wildman–Crippen LogP) is 2.02. The van der Waals surface area contributed by atoms with Crippen LogP contribution in [-0.4, -0.2) is 41.0 Å². The second-order valence-corrected chi connectivity index (χ2v) is 5.76. The molecule has 1 aliphatic rings. The standard InChI is InChI=1S/C16H22N4O2.CH4/c1-4-22-13-6-5-7-20-14(11(3)18-15(13)20)16(21)19-12-9-17-8-10(12)2;/h5-7,10,12,17H,4,8-9H2,1-3H3,(H,19,21);1H4/t10-,12-;/m0./s1. The number of nitrogens with zero attached hydrogens (tertiary/aromatic N) is 2. The van der Waals surface area contributed by atoms with E-state index >= 15 is 0 Å². The SMILES string of the molecule is C.CCOc1cccn2c(C(=O)N[C@H]3CNC[C@@H]3C)c(C)nc12. The molecule has 6 heteroatoms. The van der Waals surface area contributed by atoms with Gasteiger partial charge in [-0.05, 0) is 38.4 Å². The third kappa shape index (κ3) is 3.17. The average Bonchev–Trinajstić information content (AvgIpc) is 3.03. The molecule has 0 aliphatic carbocycles. The van der Waals surface area contributed by atoms with Gasteiger partial charge in [0.15, 0.2) is 11.4 Å². The normalized spacial score (nSPS) is 20.3. The molecule has 1 fully saturated rings. The summed E-state index contributed by atoms with van der Waals surface area (Å²) < 4.78 is 7.40. The number of carbonyl (C=O) groups is 1. The van der Waals surface area contributed by atoms with Gasteiger partial charge in [-0.1, -0.05) is 14.4 Å². The second kappa shape index (κ2) is 7.00. The summed E-state index contributed by atoms with van der Waals surface area (Å²) in [6, 6.07) is 3.90. The number of amides is 1. The molecule has 3 heterocycles. The van der Waals surface area contributed by atoms with Crippen molar-refractivity contribution in [2.45, 2.75) is 34.2 Å². The van der Waals surface area contributed by atoms with Crippen LogP contribution in [0.2, 0.25) is 0 Å². The predicted molar refractivity (Wildman–Crippen MR) is 91.1 cm³/mol. The molecule has 0 spiro atoms. The highest BCUT2D eigenvalue weighted by Crippen LogP contribution is 2.22. The van der Waals surface area contributed by atoms with Gasteiger partial charge in [-0.25, -0.2) is 4.98 Å². The summed E-state index contributed by atoms with van der Waals surface area (Å²) in [5.74, 6) is 1.05. The molecule has 126 valence electrons. The van der Waals surface area contributed by atoms with Crippen molar-refractivity contribution in [1.82, 2.24) is 20.0 Å². The lowest BCUT2D eigenvalue weighted by atomic mass is 10.1. The van der Waals surface area contributed by atoms with Gasteiger partial charge >= 0.3 is 0 Å². The van der Waals surface area contributed by atoms with Gasteiger partial charge in [0.25, 0.3) is 5.91 Å². The Hall–Kier alpha value is -2.08. The van der Waals surface area contributed by atoms with Crippen molar-refractivity contribution in [3.8, 4) is 5.75 Å². The van der Waals surface area contributed by atoms with Crippen LogP contribution in [0.4, 0.5) is 0 Å². The van der Waals surface area contributed by atoms with Gasteiger partial charge in [-0.3, -0.25) is 9.20 Å². The fourth-order valence-corrected chi connectivity index (χ4v) is 2.94. The zero-order chi connectivity index (χ0) is 15.7. The van der Waals surface area contributed by atoms with Crippen LogP contribution in [0.1, 0.15) is 37.5 Å². The fraction of sp³-hybridized carbons (Fsp3) is 0.529. The largest absolute Gasteiger partial charge is 0.490 e. The van der Waals surface area contributed by atoms with Gasteiger partial charge in [-0.15, -0.1) is 0 Å². The molecular formula is C17H26N4O2. The van der Waals surface area contributed by atoms with Crippen molar-refractivity contribution >= 4 is 11.6 Å². The van der Waals surface area contributed by atoms with Crippen molar-refractivity contribution in [2.75, 3.05) is 19.7 Å². The van der Waals surface area contributed by atoms with E-state index in [1.54, 1.807) is 0 Å². The average molecular weight is 318 g/mol. The van der Waals surface area contributed by atoms with E-state index < -0.39 is 0 Å². The first kappa shape index (κ1) is 17.3. The molecule has 6 nitrogen and oxygen atoms in total. The smallest absolute Gasteiger partial charge is 0.270 e. The lowest BCUT2D eigenvalue weighted by Gasteiger charge is -2.16. The second-order valence-electron chi connectivity index (χ2n) is 5.76. The first-order valence-electron chi connectivity index (χ1n) is 7.73. The minimum Gasteiger partial charge on any atom is -0.490 e. The van der Waals surface area contributed by atoms with Crippen LogP contribution in [0.25, 0.3) is 5.65 Å². The molecule has 2 aromatic rings. The Morgan fingerprint density at radius 2 is 2.30 bits per heavy atom. The summed E-state index contributed by atoms with van der Waals surface area (Å²) in [5.41, 5.74) is 1.98. The van der Waals surface area contributed by atoms with Gasteiger partial charge in [0, 0.05) is 18.8 Å². The Labute approximate surface area is 137 Å². The summed E-state index contributed by atoms with van der Waals surface area (Å²) in [6.45, 7) is 8.24. The fourth-order valence-electron chi connectivity index (χ4n) is 2.94. The Morgan fingerprint density at radius 1 is 1.52 bits per heavy atom. The number of hydrogen-bond donors (Lipinski definition) is 2. The van der Waals surface area contributed by atoms with Crippen LogP contribution in [-0.2, 0) is 0 Å². The number of carbonyl (C=O) groups excluding carboxylic acids is 1. The maximum atomic E-state index is 12.7. The number of nitrogens with one attached hydrogen (secondary N) is 2. The summed E-state index contributed by atoms with van der Waals surface area (Å²) in [5, 5.41) is 6.41. The molecule has 2 N–H and O–H groups in total. The molecule has 23 heavy (non-hydrogen) atoms. The van der Waals surface area contributed by atoms with Crippen LogP contribution >= 0.6 is 0 Å². The molecule has 0 unspecified atom stereocenters. The topological polar surface area (TPSA) is 67.7 Å². The minimum atomic E-state index is -0.0841. The third-order valence-corrected chi connectivity index (χ3v) is 4.14. The van der Waals surface area contributed by atoms with Crippen molar-refractivity contribution in [3.05, 3.63) is 29.7 Å². The van der Waals surface area contributed by atoms with E-state index in [9.17, 15) is 4.79 Å². The van der Waals surface area contributed by atoms with Gasteiger partial charge in [-0.2, -0.15) is 0 Å². The number of aryl methyl sites for hydroxylation is 1. The van der Waals surface area contributed by atoms with Crippen LogP contribution < -0.4 is 15.4 Å². The van der Waals surface area contributed by atoms with Gasteiger partial charge in [0.2, 0.25) is 0 Å². The van der Waals surface area contributed by atoms with Crippen LogP contribution in [0, 0.1) is 12.8 Å². The van der Waals surface area contributed by atoms with Gasteiger partial charge in [0.1, 0.15) is 5.69 Å². The van der Waals surface area contributed by atoms with Crippen LogP contribution in [0.5, 0.6) is 5.75 Å². The highest BCUT2D eigenvalue weighted by molar-refractivity contribution is 5.95. The molecule has 0 aromatic carbocycles. The molecule has 1 amide bonds. The number of ether oxygens (including phenoxy) is 1. The molecule has 0 saturated carbocycles. The van der Waals surface area contributed by atoms with Crippen LogP contribution in [0.3, 0.4) is 0 Å². The van der Waals surface area contributed by atoms with E-state index in [1.807, 2.05) is 36.6 Å². The Kier molecular flexibility index (Phi) is 5.26.